The van der Waals surface area contributed by atoms with Gasteiger partial charge < -0.3 is 10.1 Å². The summed E-state index contributed by atoms with van der Waals surface area (Å²) in [6.07, 6.45) is 2.89. The van der Waals surface area contributed by atoms with Crippen molar-refractivity contribution in [3.8, 4) is 11.1 Å². The molecule has 6 rings (SSSR count). The first-order valence-electron chi connectivity index (χ1n) is 10.5. The molecule has 4 heterocycles. The van der Waals surface area contributed by atoms with Gasteiger partial charge in [0.2, 0.25) is 0 Å². The molecule has 158 valence electrons. The molecule has 4 aliphatic rings. The van der Waals surface area contributed by atoms with Crippen LogP contribution in [0.5, 0.6) is 0 Å². The second kappa shape index (κ2) is 8.62. The molecule has 4 aliphatic heterocycles. The minimum atomic E-state index is -0.293. The Morgan fingerprint density at radius 2 is 1.93 bits per heavy atom. The van der Waals surface area contributed by atoms with Gasteiger partial charge in [0.25, 0.3) is 0 Å². The van der Waals surface area contributed by atoms with Crippen LogP contribution < -0.4 is 5.32 Å². The summed E-state index contributed by atoms with van der Waals surface area (Å²) >= 11 is 14.4. The van der Waals surface area contributed by atoms with Crippen LogP contribution in [0.2, 0.25) is 10.0 Å². The Morgan fingerprint density at radius 1 is 1.10 bits per heavy atom. The van der Waals surface area contributed by atoms with E-state index in [-0.39, 0.29) is 18.2 Å². The molecule has 4 nitrogen and oxygen atoms in total. The lowest BCUT2D eigenvalue weighted by Gasteiger charge is -2.44. The Balaban J connectivity index is 1.30. The minimum Gasteiger partial charge on any atom is -0.445 e. The number of nitrogens with one attached hydrogen (secondary N) is 1. The quantitative estimate of drug-likeness (QED) is 0.605. The van der Waals surface area contributed by atoms with Gasteiger partial charge >= 0.3 is 6.09 Å². The largest absolute Gasteiger partial charge is 0.445 e. The molecule has 1 unspecified atom stereocenters. The number of carbonyl (C=O) groups is 1. The maximum absolute atomic E-state index is 12.6. The Hall–Kier alpha value is -1.40. The summed E-state index contributed by atoms with van der Waals surface area (Å²) in [4.78, 5) is 16.2. The van der Waals surface area contributed by atoms with Crippen molar-refractivity contribution < 1.29 is 9.53 Å². The molecule has 1 N–H and O–H groups in total. The van der Waals surface area contributed by atoms with Crippen molar-refractivity contribution in [2.75, 3.05) is 25.4 Å². The molecule has 2 bridgehead atoms. The van der Waals surface area contributed by atoms with E-state index in [4.69, 9.17) is 27.9 Å². The second-order valence-electron chi connectivity index (χ2n) is 8.29. The highest BCUT2D eigenvalue weighted by Crippen LogP contribution is 2.40. The molecular weight excluding hydrogens is 439 g/mol. The Kier molecular flexibility index (Phi) is 5.89. The van der Waals surface area contributed by atoms with E-state index in [1.165, 1.54) is 4.90 Å². The number of fused-ring (bicyclic) bond motifs is 4. The standard InChI is InChI=1S/C23H24Cl2N2O2S/c24-16-2-4-19(25)18(12-16)15-1-3-17-20(7-10-30-22(17)11-15)26-23(28)29-21-13-27-8-5-14(21)6-9-27/h1-4,11-12,14,20-21H,5-10,13H2,(H,26,28)/t20?,21-/m0/s1. The third-order valence-electron chi connectivity index (χ3n) is 6.44. The number of hydrogen-bond donors (Lipinski definition) is 1. The molecule has 3 saturated heterocycles. The lowest BCUT2D eigenvalue weighted by molar-refractivity contribution is -0.0339. The zero-order valence-electron chi connectivity index (χ0n) is 16.6. The molecule has 2 aromatic carbocycles. The van der Waals surface area contributed by atoms with Crippen LogP contribution in [-0.4, -0.2) is 42.5 Å². The van der Waals surface area contributed by atoms with E-state index >= 15 is 0 Å². The molecule has 2 aromatic rings. The second-order valence-corrected chi connectivity index (χ2v) is 10.3. The number of carbonyl (C=O) groups excluding carboxylic acids is 1. The topological polar surface area (TPSA) is 41.6 Å². The predicted molar refractivity (Wildman–Crippen MR) is 123 cm³/mol. The summed E-state index contributed by atoms with van der Waals surface area (Å²) in [6.45, 7) is 3.15. The van der Waals surface area contributed by atoms with Crippen LogP contribution in [0.3, 0.4) is 0 Å². The van der Waals surface area contributed by atoms with Gasteiger partial charge in [0.05, 0.1) is 6.04 Å². The molecule has 7 heteroatoms. The number of rotatable bonds is 3. The molecular formula is C23H24Cl2N2O2S. The third-order valence-corrected chi connectivity index (χ3v) is 8.11. The van der Waals surface area contributed by atoms with Gasteiger partial charge in [-0.15, -0.1) is 11.8 Å². The monoisotopic (exact) mass is 462 g/mol. The molecule has 0 spiro atoms. The van der Waals surface area contributed by atoms with Crippen LogP contribution in [0.4, 0.5) is 4.79 Å². The first-order chi connectivity index (χ1) is 14.6. The summed E-state index contributed by atoms with van der Waals surface area (Å²) in [5.74, 6) is 1.46. The number of amides is 1. The van der Waals surface area contributed by atoms with Crippen LogP contribution in [-0.2, 0) is 4.74 Å². The summed E-state index contributed by atoms with van der Waals surface area (Å²) in [6, 6.07) is 11.8. The molecule has 0 aliphatic carbocycles. The highest BCUT2D eigenvalue weighted by Gasteiger charge is 2.37. The van der Waals surface area contributed by atoms with Gasteiger partial charge in [-0.05, 0) is 73.7 Å². The smallest absolute Gasteiger partial charge is 0.407 e. The van der Waals surface area contributed by atoms with Crippen molar-refractivity contribution in [3.05, 3.63) is 52.0 Å². The average molecular weight is 463 g/mol. The average Bonchev–Trinajstić information content (AvgIpc) is 2.76. The van der Waals surface area contributed by atoms with Crippen molar-refractivity contribution in [1.29, 1.82) is 0 Å². The SMILES string of the molecule is O=C(NC1CCSc2cc(-c3cc(Cl)ccc3Cl)ccc21)O[C@H]1CN2CCC1CC2. The summed E-state index contributed by atoms with van der Waals surface area (Å²) in [5, 5.41) is 4.46. The van der Waals surface area contributed by atoms with E-state index in [1.54, 1.807) is 6.07 Å². The van der Waals surface area contributed by atoms with Crippen LogP contribution in [0.15, 0.2) is 41.3 Å². The van der Waals surface area contributed by atoms with E-state index < -0.39 is 0 Å². The van der Waals surface area contributed by atoms with E-state index in [0.29, 0.717) is 16.0 Å². The lowest BCUT2D eigenvalue weighted by atomic mass is 9.86. The highest BCUT2D eigenvalue weighted by molar-refractivity contribution is 7.99. The molecule has 3 fully saturated rings. The van der Waals surface area contributed by atoms with Gasteiger partial charge in [0, 0.05) is 32.8 Å². The summed E-state index contributed by atoms with van der Waals surface area (Å²) in [5.41, 5.74) is 3.09. The Bertz CT molecular complexity index is 962. The molecule has 30 heavy (non-hydrogen) atoms. The molecule has 2 atom stereocenters. The van der Waals surface area contributed by atoms with Crippen LogP contribution in [0.1, 0.15) is 30.9 Å². The number of halogens is 2. The lowest BCUT2D eigenvalue weighted by Crippen LogP contribution is -2.52. The summed E-state index contributed by atoms with van der Waals surface area (Å²) in [7, 11) is 0. The van der Waals surface area contributed by atoms with E-state index in [1.807, 2.05) is 23.9 Å². The van der Waals surface area contributed by atoms with Crippen molar-refractivity contribution >= 4 is 41.1 Å². The number of nitrogens with zero attached hydrogens (tertiary/aromatic N) is 1. The number of ether oxygens (including phenoxy) is 1. The maximum Gasteiger partial charge on any atom is 0.407 e. The molecule has 0 radical (unpaired) electrons. The van der Waals surface area contributed by atoms with Crippen LogP contribution in [0, 0.1) is 5.92 Å². The first kappa shape index (κ1) is 20.5. The van der Waals surface area contributed by atoms with Gasteiger partial charge in [-0.1, -0.05) is 35.3 Å². The minimum absolute atomic E-state index is 0.0253. The fraction of sp³-hybridized carbons (Fsp3) is 0.435. The normalized spacial score (nSPS) is 27.4. The third kappa shape index (κ3) is 4.18. The van der Waals surface area contributed by atoms with Crippen molar-refractivity contribution in [3.63, 3.8) is 0 Å². The number of piperidine rings is 3. The Morgan fingerprint density at radius 3 is 2.70 bits per heavy atom. The zero-order chi connectivity index (χ0) is 20.7. The zero-order valence-corrected chi connectivity index (χ0v) is 18.9. The van der Waals surface area contributed by atoms with Crippen LogP contribution in [0.25, 0.3) is 11.1 Å². The predicted octanol–water partition coefficient (Wildman–Crippen LogP) is 6.02. The number of hydrogen-bond acceptors (Lipinski definition) is 4. The highest BCUT2D eigenvalue weighted by atomic mass is 35.5. The van der Waals surface area contributed by atoms with Gasteiger partial charge in [-0.2, -0.15) is 0 Å². The molecule has 0 aromatic heterocycles. The fourth-order valence-electron chi connectivity index (χ4n) is 4.78. The van der Waals surface area contributed by atoms with Crippen molar-refractivity contribution in [2.24, 2.45) is 5.92 Å². The maximum atomic E-state index is 12.6. The molecule has 0 saturated carbocycles. The molecule has 1 amide bonds. The van der Waals surface area contributed by atoms with Gasteiger partial charge in [0.15, 0.2) is 0 Å². The van der Waals surface area contributed by atoms with Gasteiger partial charge in [-0.3, -0.25) is 4.90 Å². The van der Waals surface area contributed by atoms with E-state index in [2.05, 4.69) is 28.4 Å². The van der Waals surface area contributed by atoms with E-state index in [9.17, 15) is 4.79 Å². The number of alkyl carbamates (subject to hydrolysis) is 1. The van der Waals surface area contributed by atoms with Gasteiger partial charge in [-0.25, -0.2) is 4.79 Å². The van der Waals surface area contributed by atoms with E-state index in [0.717, 1.165) is 61.3 Å². The van der Waals surface area contributed by atoms with Crippen molar-refractivity contribution in [1.82, 2.24) is 10.2 Å². The Labute approximate surface area is 191 Å². The number of thioether (sulfide) groups is 1. The fourth-order valence-corrected chi connectivity index (χ4v) is 6.34. The van der Waals surface area contributed by atoms with Gasteiger partial charge in [0.1, 0.15) is 6.10 Å². The first-order valence-corrected chi connectivity index (χ1v) is 12.2. The summed E-state index contributed by atoms with van der Waals surface area (Å²) < 4.78 is 5.83. The van der Waals surface area contributed by atoms with Crippen LogP contribution >= 0.6 is 35.0 Å². The van der Waals surface area contributed by atoms with Crippen molar-refractivity contribution in [2.45, 2.75) is 36.3 Å². The number of benzene rings is 2.